The molecule has 0 aliphatic heterocycles. The third-order valence-electron chi connectivity index (χ3n) is 2.71. The topological polar surface area (TPSA) is 34.9 Å². The highest BCUT2D eigenvalue weighted by molar-refractivity contribution is 5.62. The van der Waals surface area contributed by atoms with Crippen molar-refractivity contribution in [2.75, 3.05) is 0 Å². The number of nitrogens with zero attached hydrogens (tertiary/aromatic N) is 2. The SMILES string of the molecule is O=CC1(n2ccnc2)CCCC1. The van der Waals surface area contributed by atoms with Gasteiger partial charge in [0.1, 0.15) is 11.8 Å². The monoisotopic (exact) mass is 164 g/mol. The van der Waals surface area contributed by atoms with Gasteiger partial charge in [-0.05, 0) is 12.8 Å². The summed E-state index contributed by atoms with van der Waals surface area (Å²) in [5, 5.41) is 0. The average molecular weight is 164 g/mol. The van der Waals surface area contributed by atoms with Crippen LogP contribution in [0, 0.1) is 0 Å². The molecule has 1 fully saturated rings. The third kappa shape index (κ3) is 0.967. The van der Waals surface area contributed by atoms with E-state index in [1.807, 2.05) is 10.8 Å². The number of imidazole rings is 1. The molecule has 0 saturated heterocycles. The first-order valence-corrected chi connectivity index (χ1v) is 4.32. The first kappa shape index (κ1) is 7.53. The first-order valence-electron chi connectivity index (χ1n) is 4.32. The van der Waals surface area contributed by atoms with E-state index in [-0.39, 0.29) is 5.54 Å². The molecule has 3 heteroatoms. The minimum Gasteiger partial charge on any atom is -0.325 e. The lowest BCUT2D eigenvalue weighted by atomic mass is 10.00. The second kappa shape index (κ2) is 2.73. The van der Waals surface area contributed by atoms with E-state index in [0.717, 1.165) is 32.0 Å². The lowest BCUT2D eigenvalue weighted by Crippen LogP contribution is -2.30. The van der Waals surface area contributed by atoms with E-state index >= 15 is 0 Å². The summed E-state index contributed by atoms with van der Waals surface area (Å²) in [5.41, 5.74) is -0.267. The number of carbonyl (C=O) groups excluding carboxylic acids is 1. The molecule has 0 aromatic carbocycles. The molecular formula is C9H12N2O. The standard InChI is InChI=1S/C9H12N2O/c12-7-9(3-1-2-4-9)11-6-5-10-8-11/h5-8H,1-4H2. The lowest BCUT2D eigenvalue weighted by Gasteiger charge is -2.23. The van der Waals surface area contributed by atoms with Gasteiger partial charge in [-0.25, -0.2) is 4.98 Å². The van der Waals surface area contributed by atoms with Crippen molar-refractivity contribution in [1.82, 2.24) is 9.55 Å². The maximum atomic E-state index is 11.0. The normalized spacial score (nSPS) is 21.0. The van der Waals surface area contributed by atoms with Gasteiger partial charge in [0.05, 0.1) is 6.33 Å². The van der Waals surface area contributed by atoms with Crippen LogP contribution in [0.15, 0.2) is 18.7 Å². The molecule has 0 unspecified atom stereocenters. The molecule has 1 heterocycles. The van der Waals surface area contributed by atoms with Crippen LogP contribution in [0.4, 0.5) is 0 Å². The van der Waals surface area contributed by atoms with Crippen LogP contribution < -0.4 is 0 Å². The molecule has 0 bridgehead atoms. The van der Waals surface area contributed by atoms with Crippen LogP contribution in [0.25, 0.3) is 0 Å². The fourth-order valence-corrected chi connectivity index (χ4v) is 1.95. The van der Waals surface area contributed by atoms with Crippen molar-refractivity contribution < 1.29 is 4.79 Å². The predicted molar refractivity (Wildman–Crippen MR) is 44.7 cm³/mol. The van der Waals surface area contributed by atoms with Crippen molar-refractivity contribution in [3.05, 3.63) is 18.7 Å². The smallest absolute Gasteiger partial charge is 0.145 e. The van der Waals surface area contributed by atoms with E-state index in [0.29, 0.717) is 0 Å². The second-order valence-corrected chi connectivity index (χ2v) is 3.40. The number of hydrogen-bond acceptors (Lipinski definition) is 2. The highest BCUT2D eigenvalue weighted by Gasteiger charge is 2.34. The third-order valence-corrected chi connectivity index (χ3v) is 2.71. The Labute approximate surface area is 71.4 Å². The van der Waals surface area contributed by atoms with Gasteiger partial charge in [-0.2, -0.15) is 0 Å². The summed E-state index contributed by atoms with van der Waals surface area (Å²) in [6.07, 6.45) is 10.6. The molecule has 12 heavy (non-hydrogen) atoms. The molecule has 0 atom stereocenters. The Morgan fingerprint density at radius 2 is 2.17 bits per heavy atom. The summed E-state index contributed by atoms with van der Waals surface area (Å²) < 4.78 is 1.94. The Kier molecular flexibility index (Phi) is 1.71. The maximum Gasteiger partial charge on any atom is 0.145 e. The van der Waals surface area contributed by atoms with Gasteiger partial charge >= 0.3 is 0 Å². The summed E-state index contributed by atoms with van der Waals surface area (Å²) in [6.45, 7) is 0. The molecule has 64 valence electrons. The average Bonchev–Trinajstić information content (AvgIpc) is 2.76. The molecule has 0 radical (unpaired) electrons. The molecule has 0 amide bonds. The number of rotatable bonds is 2. The Bertz CT molecular complexity index is 260. The molecule has 3 nitrogen and oxygen atoms in total. The van der Waals surface area contributed by atoms with Gasteiger partial charge in [0, 0.05) is 12.4 Å². The summed E-state index contributed by atoms with van der Waals surface area (Å²) in [7, 11) is 0. The van der Waals surface area contributed by atoms with E-state index in [1.165, 1.54) is 0 Å². The summed E-state index contributed by atoms with van der Waals surface area (Å²) >= 11 is 0. The fourth-order valence-electron chi connectivity index (χ4n) is 1.95. The Hall–Kier alpha value is -1.12. The van der Waals surface area contributed by atoms with Gasteiger partial charge in [0.2, 0.25) is 0 Å². The molecule has 1 aliphatic rings. The fraction of sp³-hybridized carbons (Fsp3) is 0.556. The maximum absolute atomic E-state index is 11.0. The molecule has 1 aromatic rings. The van der Waals surface area contributed by atoms with Gasteiger partial charge < -0.3 is 9.36 Å². The number of carbonyl (C=O) groups is 1. The van der Waals surface area contributed by atoms with Crippen LogP contribution in [0.2, 0.25) is 0 Å². The van der Waals surface area contributed by atoms with Crippen LogP contribution in [-0.4, -0.2) is 15.8 Å². The van der Waals surface area contributed by atoms with E-state index in [4.69, 9.17) is 0 Å². The van der Waals surface area contributed by atoms with Gasteiger partial charge in [-0.1, -0.05) is 12.8 Å². The zero-order chi connectivity index (χ0) is 8.44. The Morgan fingerprint density at radius 3 is 2.67 bits per heavy atom. The number of aldehydes is 1. The van der Waals surface area contributed by atoms with Crippen LogP contribution in [0.1, 0.15) is 25.7 Å². The van der Waals surface area contributed by atoms with E-state index < -0.39 is 0 Å². The van der Waals surface area contributed by atoms with E-state index in [2.05, 4.69) is 4.98 Å². The molecule has 1 saturated carbocycles. The van der Waals surface area contributed by atoms with Crippen LogP contribution in [-0.2, 0) is 10.3 Å². The van der Waals surface area contributed by atoms with Crippen molar-refractivity contribution in [2.45, 2.75) is 31.2 Å². The predicted octanol–water partition coefficient (Wildman–Crippen LogP) is 1.35. The van der Waals surface area contributed by atoms with Gasteiger partial charge in [-0.15, -0.1) is 0 Å². The summed E-state index contributed by atoms with van der Waals surface area (Å²) in [5.74, 6) is 0. The second-order valence-electron chi connectivity index (χ2n) is 3.40. The van der Waals surface area contributed by atoms with E-state index in [1.54, 1.807) is 12.5 Å². The zero-order valence-electron chi connectivity index (χ0n) is 6.94. The number of aromatic nitrogens is 2. The van der Waals surface area contributed by atoms with Crippen LogP contribution in [0.3, 0.4) is 0 Å². The Morgan fingerprint density at radius 1 is 1.42 bits per heavy atom. The summed E-state index contributed by atoms with van der Waals surface area (Å²) in [6, 6.07) is 0. The van der Waals surface area contributed by atoms with Crippen molar-refractivity contribution >= 4 is 6.29 Å². The molecular weight excluding hydrogens is 152 g/mol. The van der Waals surface area contributed by atoms with Crippen molar-refractivity contribution in [2.24, 2.45) is 0 Å². The summed E-state index contributed by atoms with van der Waals surface area (Å²) in [4.78, 5) is 14.9. The number of hydrogen-bond donors (Lipinski definition) is 0. The molecule has 1 aliphatic carbocycles. The van der Waals surface area contributed by atoms with Crippen LogP contribution in [0.5, 0.6) is 0 Å². The highest BCUT2D eigenvalue weighted by Crippen LogP contribution is 2.34. The van der Waals surface area contributed by atoms with Gasteiger partial charge in [-0.3, -0.25) is 0 Å². The lowest BCUT2D eigenvalue weighted by molar-refractivity contribution is -0.115. The van der Waals surface area contributed by atoms with Gasteiger partial charge in [0.25, 0.3) is 0 Å². The minimum atomic E-state index is -0.267. The molecule has 2 rings (SSSR count). The van der Waals surface area contributed by atoms with Crippen LogP contribution >= 0.6 is 0 Å². The quantitative estimate of drug-likeness (QED) is 0.618. The Balaban J connectivity index is 2.34. The molecule has 0 N–H and O–H groups in total. The molecule has 0 spiro atoms. The minimum absolute atomic E-state index is 0.267. The highest BCUT2D eigenvalue weighted by atomic mass is 16.1. The van der Waals surface area contributed by atoms with Crippen molar-refractivity contribution in [3.63, 3.8) is 0 Å². The van der Waals surface area contributed by atoms with Crippen molar-refractivity contribution in [1.29, 1.82) is 0 Å². The first-order chi connectivity index (χ1) is 5.87. The molecule has 1 aromatic heterocycles. The zero-order valence-corrected chi connectivity index (χ0v) is 6.94. The van der Waals surface area contributed by atoms with Gasteiger partial charge in [0.15, 0.2) is 0 Å². The van der Waals surface area contributed by atoms with Crippen molar-refractivity contribution in [3.8, 4) is 0 Å². The largest absolute Gasteiger partial charge is 0.325 e. The van der Waals surface area contributed by atoms with E-state index in [9.17, 15) is 4.79 Å².